The summed E-state index contributed by atoms with van der Waals surface area (Å²) >= 11 is 12.1. The molecule has 1 N–H and O–H groups in total. The van der Waals surface area contributed by atoms with Crippen molar-refractivity contribution >= 4 is 29.1 Å². The molecule has 0 spiro atoms. The number of carbonyl (C=O) groups excluding carboxylic acids is 1. The Balaban J connectivity index is 1.95. The highest BCUT2D eigenvalue weighted by atomic mass is 35.5. The fraction of sp³-hybridized carbons (Fsp3) is 0.923. The molecule has 98 valence electrons. The minimum absolute atomic E-state index is 0.0217. The summed E-state index contributed by atoms with van der Waals surface area (Å²) in [5.41, 5.74) is -0.587. The molecule has 0 radical (unpaired) electrons. The summed E-state index contributed by atoms with van der Waals surface area (Å²) in [6.07, 6.45) is 4.09. The van der Waals surface area contributed by atoms with Gasteiger partial charge in [-0.3, -0.25) is 4.79 Å². The Morgan fingerprint density at radius 3 is 2.41 bits per heavy atom. The van der Waals surface area contributed by atoms with Crippen LogP contribution >= 0.6 is 23.2 Å². The van der Waals surface area contributed by atoms with Crippen molar-refractivity contribution in [3.63, 3.8) is 0 Å². The molecule has 0 heterocycles. The first kappa shape index (κ1) is 13.5. The van der Waals surface area contributed by atoms with E-state index < -0.39 is 9.75 Å². The third-order valence-electron chi connectivity index (χ3n) is 4.78. The molecule has 2 nitrogen and oxygen atoms in total. The lowest BCUT2D eigenvalue weighted by atomic mass is 9.78. The maximum absolute atomic E-state index is 12.2. The van der Waals surface area contributed by atoms with Crippen molar-refractivity contribution in [3.8, 4) is 0 Å². The smallest absolute Gasteiger partial charge is 0.229 e. The number of hydrogen-bond donors (Lipinski definition) is 1. The Kier molecular flexibility index (Phi) is 3.42. The van der Waals surface area contributed by atoms with Crippen LogP contribution in [0.3, 0.4) is 0 Å². The van der Waals surface area contributed by atoms with E-state index in [4.69, 9.17) is 23.2 Å². The van der Waals surface area contributed by atoms with E-state index in [1.165, 1.54) is 12.8 Å². The van der Waals surface area contributed by atoms with Crippen LogP contribution in [0.15, 0.2) is 0 Å². The van der Waals surface area contributed by atoms with Gasteiger partial charge in [-0.1, -0.05) is 26.7 Å². The van der Waals surface area contributed by atoms with Crippen LogP contribution in [0.4, 0.5) is 0 Å². The van der Waals surface area contributed by atoms with Crippen molar-refractivity contribution in [2.24, 2.45) is 17.3 Å². The second-order valence-corrected chi connectivity index (χ2v) is 7.54. The molecule has 0 aromatic heterocycles. The van der Waals surface area contributed by atoms with Gasteiger partial charge in [0.2, 0.25) is 5.91 Å². The van der Waals surface area contributed by atoms with E-state index in [-0.39, 0.29) is 11.9 Å². The van der Waals surface area contributed by atoms with E-state index >= 15 is 0 Å². The van der Waals surface area contributed by atoms with Gasteiger partial charge in [0.15, 0.2) is 0 Å². The lowest BCUT2D eigenvalue weighted by molar-refractivity contribution is -0.127. The van der Waals surface area contributed by atoms with Crippen molar-refractivity contribution in [3.05, 3.63) is 0 Å². The fourth-order valence-corrected chi connectivity index (χ4v) is 3.47. The van der Waals surface area contributed by atoms with Gasteiger partial charge in [-0.15, -0.1) is 23.2 Å². The molecule has 2 aliphatic rings. The molecule has 0 aromatic carbocycles. The molecular weight excluding hydrogens is 257 g/mol. The average Bonchev–Trinajstić information content (AvgIpc) is 2.75. The Labute approximate surface area is 113 Å². The van der Waals surface area contributed by atoms with Crippen LogP contribution < -0.4 is 5.32 Å². The minimum Gasteiger partial charge on any atom is -0.353 e. The number of rotatable bonds is 2. The van der Waals surface area contributed by atoms with E-state index in [1.54, 1.807) is 0 Å². The largest absolute Gasteiger partial charge is 0.353 e. The van der Waals surface area contributed by atoms with Gasteiger partial charge < -0.3 is 5.32 Å². The van der Waals surface area contributed by atoms with Crippen molar-refractivity contribution in [1.29, 1.82) is 0 Å². The maximum Gasteiger partial charge on any atom is 0.229 e. The second kappa shape index (κ2) is 4.31. The summed E-state index contributed by atoms with van der Waals surface area (Å²) in [6, 6.07) is 0.285. The summed E-state index contributed by atoms with van der Waals surface area (Å²) < 4.78 is -0.861. The predicted octanol–water partition coefficient (Wildman–Crippen LogP) is 3.51. The molecule has 0 unspecified atom stereocenters. The summed E-state index contributed by atoms with van der Waals surface area (Å²) in [6.45, 7) is 6.33. The third-order valence-corrected chi connectivity index (χ3v) is 5.88. The van der Waals surface area contributed by atoms with Crippen LogP contribution in [0.2, 0.25) is 0 Å². The van der Waals surface area contributed by atoms with Crippen LogP contribution in [0.5, 0.6) is 0 Å². The van der Waals surface area contributed by atoms with Gasteiger partial charge in [-0.05, 0) is 31.6 Å². The first-order valence-electron chi connectivity index (χ1n) is 6.47. The summed E-state index contributed by atoms with van der Waals surface area (Å²) in [7, 11) is 0. The molecule has 17 heavy (non-hydrogen) atoms. The van der Waals surface area contributed by atoms with Crippen LogP contribution in [0.1, 0.15) is 46.5 Å². The average molecular weight is 278 g/mol. The van der Waals surface area contributed by atoms with Gasteiger partial charge in [0.25, 0.3) is 0 Å². The van der Waals surface area contributed by atoms with Gasteiger partial charge >= 0.3 is 0 Å². The van der Waals surface area contributed by atoms with E-state index in [1.807, 2.05) is 6.92 Å². The normalized spacial score (nSPS) is 44.2. The van der Waals surface area contributed by atoms with Gasteiger partial charge in [0, 0.05) is 6.04 Å². The number of halogens is 2. The summed E-state index contributed by atoms with van der Waals surface area (Å²) in [4.78, 5) is 12.2. The van der Waals surface area contributed by atoms with Gasteiger partial charge in [0.05, 0.1) is 5.41 Å². The summed E-state index contributed by atoms with van der Waals surface area (Å²) in [5.74, 6) is 1.24. The number of nitrogens with one attached hydrogen (secondary N) is 1. The molecule has 2 fully saturated rings. The molecule has 2 rings (SSSR count). The molecular formula is C13H21Cl2NO. The Morgan fingerprint density at radius 2 is 1.88 bits per heavy atom. The number of hydrogen-bond acceptors (Lipinski definition) is 1. The zero-order chi connectivity index (χ0) is 12.8. The highest BCUT2D eigenvalue weighted by molar-refractivity contribution is 6.53. The Morgan fingerprint density at radius 1 is 1.29 bits per heavy atom. The highest BCUT2D eigenvalue weighted by Gasteiger charge is 2.68. The first-order valence-corrected chi connectivity index (χ1v) is 7.22. The van der Waals surface area contributed by atoms with Crippen molar-refractivity contribution < 1.29 is 4.79 Å². The van der Waals surface area contributed by atoms with Crippen molar-refractivity contribution in [2.75, 3.05) is 0 Å². The molecule has 2 saturated carbocycles. The van der Waals surface area contributed by atoms with Crippen molar-refractivity contribution in [1.82, 2.24) is 5.32 Å². The topological polar surface area (TPSA) is 29.1 Å². The monoisotopic (exact) mass is 277 g/mol. The van der Waals surface area contributed by atoms with Crippen LogP contribution in [0, 0.1) is 17.3 Å². The van der Waals surface area contributed by atoms with E-state index in [0.29, 0.717) is 18.3 Å². The van der Waals surface area contributed by atoms with Crippen molar-refractivity contribution in [2.45, 2.75) is 56.8 Å². The molecule has 0 aliphatic heterocycles. The minimum atomic E-state index is -0.861. The Bertz CT molecular complexity index is 331. The third kappa shape index (κ3) is 2.31. The second-order valence-electron chi connectivity index (χ2n) is 6.06. The molecule has 0 bridgehead atoms. The first-order chi connectivity index (χ1) is 7.78. The zero-order valence-corrected chi connectivity index (χ0v) is 12.2. The number of carbonyl (C=O) groups is 1. The molecule has 4 atom stereocenters. The van der Waals surface area contributed by atoms with E-state index in [0.717, 1.165) is 6.42 Å². The van der Waals surface area contributed by atoms with Crippen LogP contribution in [-0.2, 0) is 4.79 Å². The molecule has 1 amide bonds. The molecule has 0 saturated heterocycles. The van der Waals surface area contributed by atoms with E-state index in [2.05, 4.69) is 19.2 Å². The highest BCUT2D eigenvalue weighted by Crippen LogP contribution is 2.63. The Hall–Kier alpha value is 0.0500. The zero-order valence-electron chi connectivity index (χ0n) is 10.7. The van der Waals surface area contributed by atoms with Gasteiger partial charge in [-0.2, -0.15) is 0 Å². The van der Waals surface area contributed by atoms with Gasteiger partial charge in [0.1, 0.15) is 4.33 Å². The van der Waals surface area contributed by atoms with Crippen LogP contribution in [0.25, 0.3) is 0 Å². The fourth-order valence-electron chi connectivity index (χ4n) is 2.76. The standard InChI is InChI=1S/C13H21Cl2NO/c1-8-5-4-6-10(9(8)2)16-11(17)12(3)7-13(12,14)15/h8-10H,4-7H2,1-3H3,(H,16,17)/t8-,9+,10-,12-/m0/s1. The molecule has 2 aliphatic carbocycles. The van der Waals surface area contributed by atoms with Gasteiger partial charge in [-0.25, -0.2) is 0 Å². The van der Waals surface area contributed by atoms with E-state index in [9.17, 15) is 4.79 Å². The maximum atomic E-state index is 12.2. The number of amides is 1. The SMILES string of the molecule is C[C@H]1[C@@H](NC(=O)[C@]2(C)CC2(Cl)Cl)CCC[C@@H]1C. The molecule has 0 aromatic rings. The predicted molar refractivity (Wildman–Crippen MR) is 71.3 cm³/mol. The number of alkyl halides is 2. The lowest BCUT2D eigenvalue weighted by Crippen LogP contribution is -2.46. The molecule has 4 heteroatoms. The summed E-state index contributed by atoms with van der Waals surface area (Å²) in [5, 5.41) is 3.15. The quantitative estimate of drug-likeness (QED) is 0.769. The van der Waals surface area contributed by atoms with Crippen LogP contribution in [-0.4, -0.2) is 16.3 Å². The lowest BCUT2D eigenvalue weighted by Gasteiger charge is -2.35.